The van der Waals surface area contributed by atoms with E-state index in [1.807, 2.05) is 32.0 Å². The standard InChI is InChI=1S/C15H22N2O2/c1-11(2)19-9-5-8-16-15(18)14-10-12-6-3-4-7-13(12)17-14/h3-4,6-7,11,14,17H,5,8-10H2,1-2H3,(H,16,18). The molecule has 19 heavy (non-hydrogen) atoms. The van der Waals surface area contributed by atoms with Crippen LogP contribution in [0.15, 0.2) is 24.3 Å². The molecule has 0 aromatic heterocycles. The number of carbonyl (C=O) groups is 1. The first-order chi connectivity index (χ1) is 9.16. The monoisotopic (exact) mass is 262 g/mol. The predicted molar refractivity (Wildman–Crippen MR) is 76.3 cm³/mol. The summed E-state index contributed by atoms with van der Waals surface area (Å²) >= 11 is 0. The molecule has 2 N–H and O–H groups in total. The van der Waals surface area contributed by atoms with Gasteiger partial charge in [0.1, 0.15) is 6.04 Å². The molecule has 104 valence electrons. The van der Waals surface area contributed by atoms with Gasteiger partial charge in [-0.1, -0.05) is 18.2 Å². The van der Waals surface area contributed by atoms with E-state index in [0.29, 0.717) is 13.2 Å². The molecule has 1 aromatic carbocycles. The van der Waals surface area contributed by atoms with Crippen molar-refractivity contribution in [2.75, 3.05) is 18.5 Å². The zero-order chi connectivity index (χ0) is 13.7. The van der Waals surface area contributed by atoms with Crippen molar-refractivity contribution in [1.29, 1.82) is 0 Å². The molecule has 1 heterocycles. The number of hydrogen-bond donors (Lipinski definition) is 2. The second-order valence-corrected chi connectivity index (χ2v) is 5.12. The number of ether oxygens (including phenoxy) is 1. The molecule has 1 aliphatic heterocycles. The van der Waals surface area contributed by atoms with Crippen molar-refractivity contribution in [3.63, 3.8) is 0 Å². The fourth-order valence-corrected chi connectivity index (χ4v) is 2.18. The van der Waals surface area contributed by atoms with Gasteiger partial charge in [-0.05, 0) is 31.9 Å². The Kier molecular flexibility index (Phi) is 4.80. The summed E-state index contributed by atoms with van der Waals surface area (Å²) in [5.41, 5.74) is 2.29. The SMILES string of the molecule is CC(C)OCCCNC(=O)C1Cc2ccccc2N1. The average molecular weight is 262 g/mol. The number of carbonyl (C=O) groups excluding carboxylic acids is 1. The first-order valence-electron chi connectivity index (χ1n) is 6.90. The molecule has 1 atom stereocenters. The highest BCUT2D eigenvalue weighted by atomic mass is 16.5. The zero-order valence-corrected chi connectivity index (χ0v) is 11.6. The van der Waals surface area contributed by atoms with Crippen molar-refractivity contribution in [2.45, 2.75) is 38.8 Å². The van der Waals surface area contributed by atoms with Gasteiger partial charge in [-0.3, -0.25) is 4.79 Å². The minimum absolute atomic E-state index is 0.0701. The van der Waals surface area contributed by atoms with E-state index in [0.717, 1.165) is 18.5 Å². The quantitative estimate of drug-likeness (QED) is 0.770. The van der Waals surface area contributed by atoms with Crippen molar-refractivity contribution in [2.24, 2.45) is 0 Å². The molecule has 2 rings (SSSR count). The summed E-state index contributed by atoms with van der Waals surface area (Å²) in [6.07, 6.45) is 1.87. The van der Waals surface area contributed by atoms with Gasteiger partial charge in [0.25, 0.3) is 0 Å². The smallest absolute Gasteiger partial charge is 0.242 e. The summed E-state index contributed by atoms with van der Waals surface area (Å²) in [5.74, 6) is 0.0701. The lowest BCUT2D eigenvalue weighted by molar-refractivity contribution is -0.121. The second-order valence-electron chi connectivity index (χ2n) is 5.12. The fraction of sp³-hybridized carbons (Fsp3) is 0.533. The maximum atomic E-state index is 12.0. The molecule has 0 fully saturated rings. The van der Waals surface area contributed by atoms with Crippen LogP contribution in [0.1, 0.15) is 25.8 Å². The van der Waals surface area contributed by atoms with Gasteiger partial charge in [-0.15, -0.1) is 0 Å². The minimum atomic E-state index is -0.136. The summed E-state index contributed by atoms with van der Waals surface area (Å²) in [7, 11) is 0. The van der Waals surface area contributed by atoms with Gasteiger partial charge in [0.15, 0.2) is 0 Å². The molecule has 0 spiro atoms. The Labute approximate surface area is 114 Å². The van der Waals surface area contributed by atoms with E-state index in [1.54, 1.807) is 0 Å². The van der Waals surface area contributed by atoms with Crippen LogP contribution in [0.5, 0.6) is 0 Å². The molecule has 1 unspecified atom stereocenters. The van der Waals surface area contributed by atoms with Crippen molar-refractivity contribution in [1.82, 2.24) is 5.32 Å². The van der Waals surface area contributed by atoms with Crippen LogP contribution in [0, 0.1) is 0 Å². The molecule has 0 saturated heterocycles. The van der Waals surface area contributed by atoms with E-state index in [9.17, 15) is 4.79 Å². The summed E-state index contributed by atoms with van der Waals surface area (Å²) in [6.45, 7) is 5.38. The van der Waals surface area contributed by atoms with Crippen LogP contribution in [0.4, 0.5) is 5.69 Å². The van der Waals surface area contributed by atoms with Crippen molar-refractivity contribution < 1.29 is 9.53 Å². The minimum Gasteiger partial charge on any atom is -0.379 e. The molecule has 1 aliphatic rings. The fourth-order valence-electron chi connectivity index (χ4n) is 2.18. The van der Waals surface area contributed by atoms with E-state index >= 15 is 0 Å². The summed E-state index contributed by atoms with van der Waals surface area (Å²) in [4.78, 5) is 12.0. The number of benzene rings is 1. The van der Waals surface area contributed by atoms with E-state index in [-0.39, 0.29) is 18.1 Å². The Bertz CT molecular complexity index is 407. The highest BCUT2D eigenvalue weighted by molar-refractivity contribution is 5.87. The van der Waals surface area contributed by atoms with Crippen LogP contribution < -0.4 is 10.6 Å². The van der Waals surface area contributed by atoms with Crippen LogP contribution in [0.25, 0.3) is 0 Å². The van der Waals surface area contributed by atoms with E-state index in [1.165, 1.54) is 5.56 Å². The third kappa shape index (κ3) is 3.96. The van der Waals surface area contributed by atoms with E-state index < -0.39 is 0 Å². The summed E-state index contributed by atoms with van der Waals surface area (Å²) < 4.78 is 5.43. The van der Waals surface area contributed by atoms with E-state index in [4.69, 9.17) is 4.74 Å². The van der Waals surface area contributed by atoms with Gasteiger partial charge < -0.3 is 15.4 Å². The van der Waals surface area contributed by atoms with Crippen LogP contribution in [0.3, 0.4) is 0 Å². The summed E-state index contributed by atoms with van der Waals surface area (Å²) in [5, 5.41) is 6.20. The van der Waals surface area contributed by atoms with Gasteiger partial charge in [0.05, 0.1) is 6.10 Å². The highest BCUT2D eigenvalue weighted by Crippen LogP contribution is 2.24. The Morgan fingerprint density at radius 1 is 1.47 bits per heavy atom. The number of fused-ring (bicyclic) bond motifs is 1. The molecule has 4 heteroatoms. The number of hydrogen-bond acceptors (Lipinski definition) is 3. The number of amides is 1. The predicted octanol–water partition coefficient (Wildman–Crippen LogP) is 1.95. The highest BCUT2D eigenvalue weighted by Gasteiger charge is 2.25. The Morgan fingerprint density at radius 3 is 3.00 bits per heavy atom. The van der Waals surface area contributed by atoms with Crippen LogP contribution >= 0.6 is 0 Å². The Hall–Kier alpha value is -1.55. The van der Waals surface area contributed by atoms with Crippen molar-refractivity contribution >= 4 is 11.6 Å². The molecule has 4 nitrogen and oxygen atoms in total. The topological polar surface area (TPSA) is 50.4 Å². The molecule has 0 bridgehead atoms. The normalized spacial score (nSPS) is 17.1. The molecule has 0 radical (unpaired) electrons. The number of anilines is 1. The number of para-hydroxylation sites is 1. The van der Waals surface area contributed by atoms with Crippen molar-refractivity contribution in [3.8, 4) is 0 Å². The molecule has 0 saturated carbocycles. The van der Waals surface area contributed by atoms with Crippen molar-refractivity contribution in [3.05, 3.63) is 29.8 Å². The van der Waals surface area contributed by atoms with E-state index in [2.05, 4.69) is 16.7 Å². The van der Waals surface area contributed by atoms with Gasteiger partial charge >= 0.3 is 0 Å². The van der Waals surface area contributed by atoms with Crippen LogP contribution in [-0.2, 0) is 16.0 Å². The molecule has 0 aliphatic carbocycles. The third-order valence-corrected chi connectivity index (χ3v) is 3.16. The molecular formula is C15H22N2O2. The van der Waals surface area contributed by atoms with Crippen LogP contribution in [0.2, 0.25) is 0 Å². The van der Waals surface area contributed by atoms with Gasteiger partial charge in [-0.25, -0.2) is 0 Å². The second kappa shape index (κ2) is 6.57. The van der Waals surface area contributed by atoms with Crippen LogP contribution in [-0.4, -0.2) is 31.2 Å². The lowest BCUT2D eigenvalue weighted by Gasteiger charge is -2.12. The summed E-state index contributed by atoms with van der Waals surface area (Å²) in [6, 6.07) is 7.92. The lowest BCUT2D eigenvalue weighted by Crippen LogP contribution is -2.39. The van der Waals surface area contributed by atoms with Gasteiger partial charge in [0, 0.05) is 25.3 Å². The molecule has 1 amide bonds. The molecular weight excluding hydrogens is 240 g/mol. The molecule has 1 aromatic rings. The lowest BCUT2D eigenvalue weighted by atomic mass is 10.1. The average Bonchev–Trinajstić information content (AvgIpc) is 2.81. The maximum Gasteiger partial charge on any atom is 0.242 e. The van der Waals surface area contributed by atoms with Gasteiger partial charge in [0.2, 0.25) is 5.91 Å². The largest absolute Gasteiger partial charge is 0.379 e. The Balaban J connectivity index is 1.68. The first kappa shape index (κ1) is 13.9. The Morgan fingerprint density at radius 2 is 2.26 bits per heavy atom. The number of rotatable bonds is 6. The first-order valence-corrected chi connectivity index (χ1v) is 6.90. The zero-order valence-electron chi connectivity index (χ0n) is 11.6. The number of nitrogens with one attached hydrogen (secondary N) is 2. The third-order valence-electron chi connectivity index (χ3n) is 3.16. The maximum absolute atomic E-state index is 12.0. The van der Waals surface area contributed by atoms with Gasteiger partial charge in [-0.2, -0.15) is 0 Å².